The zero-order valence-electron chi connectivity index (χ0n) is 19.6. The number of rotatable bonds is 9. The van der Waals surface area contributed by atoms with Gasteiger partial charge in [-0.1, -0.05) is 42.1 Å². The van der Waals surface area contributed by atoms with Crippen LogP contribution in [0, 0.1) is 0 Å². The second kappa shape index (κ2) is 9.89. The lowest BCUT2D eigenvalue weighted by Crippen LogP contribution is -3.06. The minimum absolute atomic E-state index is 0.130. The summed E-state index contributed by atoms with van der Waals surface area (Å²) in [6.07, 6.45) is 1.40. The van der Waals surface area contributed by atoms with Crippen molar-refractivity contribution in [2.24, 2.45) is 0 Å². The van der Waals surface area contributed by atoms with Crippen molar-refractivity contribution in [2.45, 2.75) is 13.1 Å². The molecule has 1 atom stereocenters. The number of carbonyl (C=O) groups excluding carboxylic acids is 1. The molecular weight excluding hydrogens is 434 g/mol. The molecule has 0 fully saturated rings. The van der Waals surface area contributed by atoms with Gasteiger partial charge in [0.05, 0.1) is 39.5 Å². The molecule has 0 saturated carbocycles. The molecule has 7 heteroatoms. The first-order valence-electron chi connectivity index (χ1n) is 10.9. The maximum atomic E-state index is 13.7. The van der Waals surface area contributed by atoms with E-state index < -0.39 is 0 Å². The predicted molar refractivity (Wildman–Crippen MR) is 126 cm³/mol. The smallest absolute Gasteiger partial charge is 0.204 e. The average molecular weight is 462 g/mol. The third-order valence-corrected chi connectivity index (χ3v) is 5.83. The van der Waals surface area contributed by atoms with Gasteiger partial charge in [-0.2, -0.15) is 0 Å². The molecule has 1 heterocycles. The molecule has 0 aliphatic carbocycles. The van der Waals surface area contributed by atoms with E-state index in [0.29, 0.717) is 40.1 Å². The average Bonchev–Trinajstić information content (AvgIpc) is 3.29. The van der Waals surface area contributed by atoms with Gasteiger partial charge >= 0.3 is 0 Å². The molecule has 4 aromatic rings. The lowest BCUT2D eigenvalue weighted by Gasteiger charge is -2.20. The maximum absolute atomic E-state index is 13.7. The van der Waals surface area contributed by atoms with E-state index in [1.54, 1.807) is 18.2 Å². The van der Waals surface area contributed by atoms with Gasteiger partial charge in [0.1, 0.15) is 24.9 Å². The first-order chi connectivity index (χ1) is 16.5. The minimum atomic E-state index is -0.330. The molecule has 0 spiro atoms. The van der Waals surface area contributed by atoms with E-state index in [0.717, 1.165) is 17.0 Å². The monoisotopic (exact) mass is 461 g/mol. The number of fused-ring (bicyclic) bond motifs is 1. The van der Waals surface area contributed by atoms with Crippen LogP contribution in [0.4, 0.5) is 0 Å². The number of carbonyl (C=O) groups is 1. The van der Waals surface area contributed by atoms with Crippen LogP contribution in [0.25, 0.3) is 11.0 Å². The maximum Gasteiger partial charge on any atom is 0.204 e. The lowest BCUT2D eigenvalue weighted by molar-refractivity contribution is -0.907. The van der Waals surface area contributed by atoms with Crippen LogP contribution in [0.2, 0.25) is 0 Å². The molecule has 1 N–H and O–H groups in total. The largest absolute Gasteiger partial charge is 0.872 e. The minimum Gasteiger partial charge on any atom is -0.872 e. The molecule has 1 aromatic heterocycles. The molecule has 0 amide bonds. The van der Waals surface area contributed by atoms with Gasteiger partial charge in [-0.05, 0) is 18.2 Å². The summed E-state index contributed by atoms with van der Waals surface area (Å²) in [5.41, 5.74) is 2.79. The van der Waals surface area contributed by atoms with Crippen LogP contribution in [-0.4, -0.2) is 34.2 Å². The molecule has 7 nitrogen and oxygen atoms in total. The Balaban J connectivity index is 1.76. The quantitative estimate of drug-likeness (QED) is 0.386. The Morgan fingerprint density at radius 3 is 2.29 bits per heavy atom. The molecular formula is C27H27NO6. The highest BCUT2D eigenvalue weighted by atomic mass is 16.5. The van der Waals surface area contributed by atoms with Crippen LogP contribution >= 0.6 is 0 Å². The zero-order valence-corrected chi connectivity index (χ0v) is 19.6. The van der Waals surface area contributed by atoms with Crippen molar-refractivity contribution in [3.05, 3.63) is 83.1 Å². The zero-order chi connectivity index (χ0) is 24.2. The van der Waals surface area contributed by atoms with Crippen LogP contribution in [0.3, 0.4) is 0 Å². The summed E-state index contributed by atoms with van der Waals surface area (Å²) < 4.78 is 22.0. The molecule has 0 aliphatic heterocycles. The molecule has 0 bridgehead atoms. The number of nitrogens with one attached hydrogen (secondary N) is 1. The van der Waals surface area contributed by atoms with E-state index in [9.17, 15) is 9.90 Å². The van der Waals surface area contributed by atoms with Crippen molar-refractivity contribution in [3.8, 4) is 23.0 Å². The highest BCUT2D eigenvalue weighted by Gasteiger charge is 2.26. The number of furan rings is 1. The SMILES string of the molecule is COc1ccc(C(=O)c2coc3ccc([O-])c(C[NH+](C)Cc4ccccc4)c23)c(OC)c1OC. The number of hydrogen-bond acceptors (Lipinski definition) is 6. The van der Waals surface area contributed by atoms with Gasteiger partial charge in [-0.3, -0.25) is 4.79 Å². The van der Waals surface area contributed by atoms with Crippen LogP contribution in [0.1, 0.15) is 27.0 Å². The summed E-state index contributed by atoms with van der Waals surface area (Å²) in [6, 6.07) is 16.4. The predicted octanol–water partition coefficient (Wildman–Crippen LogP) is 2.98. The Morgan fingerprint density at radius 2 is 1.62 bits per heavy atom. The van der Waals surface area contributed by atoms with Crippen LogP contribution in [0.15, 0.2) is 65.3 Å². The summed E-state index contributed by atoms with van der Waals surface area (Å²) in [6.45, 7) is 1.18. The summed E-state index contributed by atoms with van der Waals surface area (Å²) in [5, 5.41) is 13.4. The number of methoxy groups -OCH3 is 3. The van der Waals surface area contributed by atoms with Crippen molar-refractivity contribution in [2.75, 3.05) is 28.4 Å². The van der Waals surface area contributed by atoms with Crippen molar-refractivity contribution < 1.29 is 33.4 Å². The summed E-state index contributed by atoms with van der Waals surface area (Å²) in [7, 11) is 6.47. The Labute approximate surface area is 198 Å². The first-order valence-corrected chi connectivity index (χ1v) is 10.9. The van der Waals surface area contributed by atoms with E-state index in [2.05, 4.69) is 12.1 Å². The van der Waals surface area contributed by atoms with Gasteiger partial charge in [0.15, 0.2) is 11.5 Å². The van der Waals surface area contributed by atoms with E-state index in [4.69, 9.17) is 18.6 Å². The molecule has 1 unspecified atom stereocenters. The van der Waals surface area contributed by atoms with Crippen LogP contribution < -0.4 is 24.2 Å². The van der Waals surface area contributed by atoms with Gasteiger partial charge in [-0.25, -0.2) is 0 Å². The van der Waals surface area contributed by atoms with Gasteiger partial charge in [0.25, 0.3) is 0 Å². The number of ether oxygens (including phenoxy) is 3. The summed E-state index contributed by atoms with van der Waals surface area (Å²) in [5.74, 6) is 0.564. The van der Waals surface area contributed by atoms with Gasteiger partial charge in [0, 0.05) is 16.5 Å². The molecule has 176 valence electrons. The van der Waals surface area contributed by atoms with Gasteiger partial charge < -0.3 is 28.6 Å². The molecule has 0 saturated heterocycles. The second-order valence-electron chi connectivity index (χ2n) is 8.07. The summed E-state index contributed by atoms with van der Waals surface area (Å²) >= 11 is 0. The van der Waals surface area contributed by atoms with E-state index in [-0.39, 0.29) is 22.8 Å². The van der Waals surface area contributed by atoms with E-state index in [1.165, 1.54) is 33.7 Å². The van der Waals surface area contributed by atoms with Crippen LogP contribution in [0.5, 0.6) is 23.0 Å². The fourth-order valence-electron chi connectivity index (χ4n) is 4.26. The molecule has 0 aliphatic rings. The Kier molecular flexibility index (Phi) is 6.75. The standard InChI is InChI=1S/C27H27NO6/c1-28(14-17-8-6-5-7-9-17)15-19-21(29)11-13-22-24(19)20(16-34-22)25(30)18-10-12-23(31-2)27(33-4)26(18)32-3/h5-13,16,29H,14-15H2,1-4H3. The van der Waals surface area contributed by atoms with E-state index >= 15 is 0 Å². The van der Waals surface area contributed by atoms with Crippen molar-refractivity contribution in [1.82, 2.24) is 0 Å². The van der Waals surface area contributed by atoms with Gasteiger partial charge in [0.2, 0.25) is 11.5 Å². The Morgan fingerprint density at radius 1 is 0.882 bits per heavy atom. The second-order valence-corrected chi connectivity index (χ2v) is 8.07. The summed E-state index contributed by atoms with van der Waals surface area (Å²) in [4.78, 5) is 14.8. The lowest BCUT2D eigenvalue weighted by atomic mass is 9.97. The molecule has 0 radical (unpaired) electrons. The Hall–Kier alpha value is -3.97. The van der Waals surface area contributed by atoms with Crippen molar-refractivity contribution in [1.29, 1.82) is 0 Å². The highest BCUT2D eigenvalue weighted by molar-refractivity contribution is 6.18. The molecule has 34 heavy (non-hydrogen) atoms. The van der Waals surface area contributed by atoms with Gasteiger partial charge in [-0.15, -0.1) is 0 Å². The van der Waals surface area contributed by atoms with Crippen LogP contribution in [-0.2, 0) is 13.1 Å². The number of hydrogen-bond donors (Lipinski definition) is 1. The number of benzene rings is 3. The molecule has 3 aromatic carbocycles. The highest BCUT2D eigenvalue weighted by Crippen LogP contribution is 2.41. The Bertz CT molecular complexity index is 1310. The fourth-order valence-corrected chi connectivity index (χ4v) is 4.26. The molecule has 4 rings (SSSR count). The van der Waals surface area contributed by atoms with E-state index in [1.807, 2.05) is 25.2 Å². The van der Waals surface area contributed by atoms with Crippen molar-refractivity contribution in [3.63, 3.8) is 0 Å². The fraction of sp³-hybridized carbons (Fsp3) is 0.222. The third kappa shape index (κ3) is 4.30. The topological polar surface area (TPSA) is 85.4 Å². The first kappa shape index (κ1) is 23.2. The third-order valence-electron chi connectivity index (χ3n) is 5.83. The number of ketones is 1. The number of quaternary nitrogens is 1. The van der Waals surface area contributed by atoms with Crippen molar-refractivity contribution >= 4 is 16.8 Å². The normalized spacial score (nSPS) is 11.9.